The first-order valence-corrected chi connectivity index (χ1v) is 5.73. The molecule has 1 aliphatic heterocycles. The van der Waals surface area contributed by atoms with E-state index in [1.807, 2.05) is 48.5 Å². The van der Waals surface area contributed by atoms with Gasteiger partial charge in [-0.1, -0.05) is 18.2 Å². The lowest BCUT2D eigenvalue weighted by Crippen LogP contribution is -2.08. The van der Waals surface area contributed by atoms with Gasteiger partial charge in [0, 0.05) is 11.8 Å². The summed E-state index contributed by atoms with van der Waals surface area (Å²) in [6.07, 6.45) is 0. The number of anilines is 1. The van der Waals surface area contributed by atoms with E-state index in [1.165, 1.54) is 0 Å². The molecule has 0 atom stereocenters. The summed E-state index contributed by atoms with van der Waals surface area (Å²) in [4.78, 5) is 0. The molecule has 0 radical (unpaired) electrons. The molecule has 0 saturated heterocycles. The van der Waals surface area contributed by atoms with Crippen molar-refractivity contribution >= 4 is 5.69 Å². The van der Waals surface area contributed by atoms with Crippen molar-refractivity contribution in [3.63, 3.8) is 0 Å². The molecule has 0 amide bonds. The summed E-state index contributed by atoms with van der Waals surface area (Å²) in [5.41, 5.74) is 0.940. The van der Waals surface area contributed by atoms with Gasteiger partial charge in [-0.2, -0.15) is 0 Å². The third-order valence-corrected chi connectivity index (χ3v) is 2.63. The minimum atomic E-state index is 0.291. The molecule has 92 valence electrons. The molecule has 0 aromatic heterocycles. The minimum absolute atomic E-state index is 0.291. The van der Waals surface area contributed by atoms with Crippen LogP contribution in [0.3, 0.4) is 0 Å². The van der Waals surface area contributed by atoms with Gasteiger partial charge in [0.2, 0.25) is 6.79 Å². The van der Waals surface area contributed by atoms with Crippen LogP contribution < -0.4 is 19.5 Å². The number of hydrogen-bond donors (Lipinski definition) is 1. The largest absolute Gasteiger partial charge is 0.473 e. The Morgan fingerprint density at radius 3 is 2.72 bits per heavy atom. The number of rotatable bonds is 4. The van der Waals surface area contributed by atoms with Crippen molar-refractivity contribution in [2.24, 2.45) is 0 Å². The fourth-order valence-electron chi connectivity index (χ4n) is 1.73. The predicted octanol–water partition coefficient (Wildman–Crippen LogP) is 2.86. The van der Waals surface area contributed by atoms with Crippen molar-refractivity contribution in [2.75, 3.05) is 18.8 Å². The number of nitrogens with one attached hydrogen (secondary N) is 1. The van der Waals surface area contributed by atoms with Gasteiger partial charge in [-0.15, -0.1) is 0 Å². The Bertz CT molecular complexity index is 528. The topological polar surface area (TPSA) is 39.7 Å². The Kier molecular flexibility index (Phi) is 2.92. The predicted molar refractivity (Wildman–Crippen MR) is 68.1 cm³/mol. The molecule has 4 heteroatoms. The molecular formula is C14H13NO3. The maximum Gasteiger partial charge on any atom is 0.231 e. The maximum absolute atomic E-state index is 5.55. The summed E-state index contributed by atoms with van der Waals surface area (Å²) in [6, 6.07) is 15.4. The van der Waals surface area contributed by atoms with Crippen LogP contribution in [0.1, 0.15) is 0 Å². The first-order valence-electron chi connectivity index (χ1n) is 5.73. The van der Waals surface area contributed by atoms with Crippen molar-refractivity contribution in [3.05, 3.63) is 48.5 Å². The molecule has 2 aromatic carbocycles. The highest BCUT2D eigenvalue weighted by molar-refractivity contribution is 5.55. The van der Waals surface area contributed by atoms with E-state index in [0.717, 1.165) is 22.9 Å². The average molecular weight is 243 g/mol. The molecule has 18 heavy (non-hydrogen) atoms. The Morgan fingerprint density at radius 1 is 1.00 bits per heavy atom. The average Bonchev–Trinajstić information content (AvgIpc) is 2.87. The van der Waals surface area contributed by atoms with Gasteiger partial charge in [0.15, 0.2) is 18.2 Å². The summed E-state index contributed by atoms with van der Waals surface area (Å²) >= 11 is 0. The lowest BCUT2D eigenvalue weighted by Gasteiger charge is -2.09. The summed E-state index contributed by atoms with van der Waals surface area (Å²) in [7, 11) is 0. The van der Waals surface area contributed by atoms with E-state index < -0.39 is 0 Å². The van der Waals surface area contributed by atoms with Crippen molar-refractivity contribution in [3.8, 4) is 17.2 Å². The minimum Gasteiger partial charge on any atom is -0.473 e. The Hall–Kier alpha value is -2.36. The second-order valence-electron chi connectivity index (χ2n) is 3.85. The third kappa shape index (κ3) is 2.32. The first kappa shape index (κ1) is 10.8. The zero-order valence-electron chi connectivity index (χ0n) is 9.76. The van der Waals surface area contributed by atoms with E-state index >= 15 is 0 Å². The molecule has 0 spiro atoms. The van der Waals surface area contributed by atoms with Crippen LogP contribution >= 0.6 is 0 Å². The maximum atomic E-state index is 5.55. The van der Waals surface area contributed by atoms with Gasteiger partial charge in [-0.05, 0) is 24.3 Å². The van der Waals surface area contributed by atoms with Gasteiger partial charge < -0.3 is 19.5 Å². The molecule has 0 aliphatic carbocycles. The van der Waals surface area contributed by atoms with Gasteiger partial charge in [0.1, 0.15) is 5.75 Å². The van der Waals surface area contributed by atoms with E-state index in [0.29, 0.717) is 13.5 Å². The molecule has 3 rings (SSSR count). The molecule has 1 N–H and O–H groups in total. The van der Waals surface area contributed by atoms with Crippen LogP contribution in [0.4, 0.5) is 5.69 Å². The van der Waals surface area contributed by atoms with Gasteiger partial charge in [0.05, 0.1) is 0 Å². The molecule has 2 aromatic rings. The highest BCUT2D eigenvalue weighted by atomic mass is 16.7. The van der Waals surface area contributed by atoms with E-state index in [9.17, 15) is 0 Å². The summed E-state index contributed by atoms with van der Waals surface area (Å²) < 4.78 is 16.1. The van der Waals surface area contributed by atoms with E-state index in [2.05, 4.69) is 5.32 Å². The normalized spacial score (nSPS) is 12.2. The summed E-state index contributed by atoms with van der Waals surface area (Å²) in [5, 5.41) is 3.17. The van der Waals surface area contributed by atoms with E-state index in [1.54, 1.807) is 0 Å². The Morgan fingerprint density at radius 2 is 1.83 bits per heavy atom. The molecule has 1 aliphatic rings. The monoisotopic (exact) mass is 243 g/mol. The van der Waals surface area contributed by atoms with Crippen molar-refractivity contribution in [1.29, 1.82) is 0 Å². The van der Waals surface area contributed by atoms with Crippen LogP contribution in [0.15, 0.2) is 48.5 Å². The van der Waals surface area contributed by atoms with E-state index in [-0.39, 0.29) is 0 Å². The lowest BCUT2D eigenvalue weighted by atomic mass is 10.3. The lowest BCUT2D eigenvalue weighted by molar-refractivity contribution is 0.174. The SMILES string of the molecule is c1ccc(OCNc2ccc3c(c2)OCO3)cc1. The molecule has 4 nitrogen and oxygen atoms in total. The quantitative estimate of drug-likeness (QED) is 0.838. The van der Waals surface area contributed by atoms with Crippen molar-refractivity contribution < 1.29 is 14.2 Å². The van der Waals surface area contributed by atoms with Crippen molar-refractivity contribution in [2.45, 2.75) is 0 Å². The number of ether oxygens (including phenoxy) is 3. The Balaban J connectivity index is 1.57. The van der Waals surface area contributed by atoms with Crippen LogP contribution in [0.2, 0.25) is 0 Å². The number of hydrogen-bond acceptors (Lipinski definition) is 4. The fourth-order valence-corrected chi connectivity index (χ4v) is 1.73. The second-order valence-corrected chi connectivity index (χ2v) is 3.85. The zero-order valence-corrected chi connectivity index (χ0v) is 9.76. The van der Waals surface area contributed by atoms with Crippen LogP contribution in [0, 0.1) is 0 Å². The number of fused-ring (bicyclic) bond motifs is 1. The molecule has 0 unspecified atom stereocenters. The highest BCUT2D eigenvalue weighted by Crippen LogP contribution is 2.34. The summed E-state index contributed by atoms with van der Waals surface area (Å²) in [6.45, 7) is 0.697. The van der Waals surface area contributed by atoms with Gasteiger partial charge in [0.25, 0.3) is 0 Å². The number of benzene rings is 2. The van der Waals surface area contributed by atoms with Gasteiger partial charge >= 0.3 is 0 Å². The smallest absolute Gasteiger partial charge is 0.231 e. The van der Waals surface area contributed by atoms with Crippen molar-refractivity contribution in [1.82, 2.24) is 0 Å². The highest BCUT2D eigenvalue weighted by Gasteiger charge is 2.12. The first-order chi connectivity index (χ1) is 8.92. The van der Waals surface area contributed by atoms with Gasteiger partial charge in [-0.3, -0.25) is 0 Å². The molecule has 0 bridgehead atoms. The summed E-state index contributed by atoms with van der Waals surface area (Å²) in [5.74, 6) is 2.38. The van der Waals surface area contributed by atoms with Crippen LogP contribution in [0.5, 0.6) is 17.2 Å². The standard InChI is InChI=1S/C14H13NO3/c1-2-4-12(5-3-1)16-9-15-11-6-7-13-14(8-11)18-10-17-13/h1-8,15H,9-10H2. The van der Waals surface area contributed by atoms with E-state index in [4.69, 9.17) is 14.2 Å². The Labute approximate surface area is 105 Å². The molecule has 1 heterocycles. The fraction of sp³-hybridized carbons (Fsp3) is 0.143. The third-order valence-electron chi connectivity index (χ3n) is 2.63. The molecular weight excluding hydrogens is 230 g/mol. The molecule has 0 fully saturated rings. The second kappa shape index (κ2) is 4.87. The van der Waals surface area contributed by atoms with Crippen LogP contribution in [0.25, 0.3) is 0 Å². The zero-order chi connectivity index (χ0) is 12.2. The van der Waals surface area contributed by atoms with Crippen LogP contribution in [-0.2, 0) is 0 Å². The van der Waals surface area contributed by atoms with Gasteiger partial charge in [-0.25, -0.2) is 0 Å². The number of para-hydroxylation sites is 1. The van der Waals surface area contributed by atoms with Crippen LogP contribution in [-0.4, -0.2) is 13.5 Å². The molecule has 0 saturated carbocycles.